The summed E-state index contributed by atoms with van der Waals surface area (Å²) in [5.41, 5.74) is 31.9. The summed E-state index contributed by atoms with van der Waals surface area (Å²) >= 11 is 10.8. The van der Waals surface area contributed by atoms with Gasteiger partial charge in [-0.05, 0) is 269 Å². The third kappa shape index (κ3) is 33.9. The number of halogens is 2. The molecule has 0 N–H and O–H groups in total. The van der Waals surface area contributed by atoms with Gasteiger partial charge in [-0.1, -0.05) is 487 Å². The van der Waals surface area contributed by atoms with Crippen LogP contribution < -0.4 is 9.47 Å². The maximum atomic E-state index is 6.44. The summed E-state index contributed by atoms with van der Waals surface area (Å²) in [6.07, 6.45) is 57.9. The standard InChI is InChI=1S/C79H92.C30H40Br2O2S2.C22H20O2.C3H8/c1-6-10-12-14-15-16-19-27-59(5)77(74-53-54-76(58-74)79(72-45-37-66(38-46-72)62(8-3)9-4)73-51-43-68(44-52-73)64-31-23-18-24-32-64)57-60(28-20-13-11-7-2)55-61-35-36-75(56-61)78(71-49-41-69(42-50-71)65-33-25-26-34-65)70-47-39-67(40-48-70)63-29-21-17-22-30-63;1-3-5-7-9-11-13-19-33-25-21-24(28-16-18-30(32)36-28)26(34-20-14-12-10-8-6-4-2)22-23(25)27-15-17-29(31)35-27;1-2-4-19(5-3-1)20-10-6-17(7-11-20)16-18-8-12-21(13-9-18)22-23-14-15-24-22;1-3-2/h17-18,21-24,29-32,35-55,57,62,65,78-79H,5-16,19-20,25-28,33-34,56,58H2,1-4H3;15-18,21-22H,3-14,19-20H2,1-2H3;1-13,22H,14-16H2;3H2,1-2H3/b60-55+,77-57+;;;. The number of unbranched alkanes of at least 4 members (excludes halogenated alkanes) is 19. The minimum absolute atomic E-state index is 0.158. The van der Waals surface area contributed by atoms with E-state index in [1.807, 2.05) is 6.07 Å². The summed E-state index contributed by atoms with van der Waals surface area (Å²) in [6, 6.07) is 101. The van der Waals surface area contributed by atoms with Gasteiger partial charge in [-0.2, -0.15) is 0 Å². The van der Waals surface area contributed by atoms with Gasteiger partial charge in [0.1, 0.15) is 11.5 Å². The van der Waals surface area contributed by atoms with Crippen molar-refractivity contribution in [3.8, 4) is 65.8 Å². The number of benzene rings is 10. The lowest BCUT2D eigenvalue weighted by Gasteiger charge is -2.23. The average Bonchev–Trinajstić information content (AvgIpc) is 1.53. The molecule has 16 rings (SSSR count). The topological polar surface area (TPSA) is 36.9 Å². The molecule has 0 radical (unpaired) electrons. The molecule has 2 fully saturated rings. The van der Waals surface area contributed by atoms with Crippen molar-refractivity contribution in [2.75, 3.05) is 26.4 Å². The van der Waals surface area contributed by atoms with Crippen LogP contribution in [0.2, 0.25) is 0 Å². The zero-order valence-electron chi connectivity index (χ0n) is 86.8. The monoisotopic (exact) mass is 2060 g/mol. The fourth-order valence-electron chi connectivity index (χ4n) is 20.4. The number of allylic oxidation sites excluding steroid dienone is 13. The second-order valence-electron chi connectivity index (χ2n) is 39.5. The van der Waals surface area contributed by atoms with Crippen LogP contribution in [0.1, 0.15) is 354 Å². The van der Waals surface area contributed by atoms with Gasteiger partial charge in [0.2, 0.25) is 0 Å². The van der Waals surface area contributed by atoms with Gasteiger partial charge in [-0.15, -0.1) is 22.7 Å². The summed E-state index contributed by atoms with van der Waals surface area (Å²) in [5, 5.41) is 0. The molecule has 0 spiro atoms. The zero-order chi connectivity index (χ0) is 99.1. The highest BCUT2D eigenvalue weighted by molar-refractivity contribution is 9.11. The Morgan fingerprint density at radius 3 is 1.20 bits per heavy atom. The molecule has 2 atom stereocenters. The summed E-state index contributed by atoms with van der Waals surface area (Å²) in [5.74, 6) is 3.55. The van der Waals surface area contributed by atoms with Gasteiger partial charge in [0.15, 0.2) is 6.29 Å². The van der Waals surface area contributed by atoms with E-state index in [4.69, 9.17) is 25.5 Å². The van der Waals surface area contributed by atoms with E-state index >= 15 is 0 Å². The van der Waals surface area contributed by atoms with E-state index in [2.05, 4.69) is 391 Å². The third-order valence-corrected chi connectivity index (χ3v) is 31.8. The highest BCUT2D eigenvalue weighted by Crippen LogP contribution is 2.49. The van der Waals surface area contributed by atoms with Crippen LogP contribution in [-0.2, 0) is 15.9 Å². The smallest absolute Gasteiger partial charge is 0.184 e. The van der Waals surface area contributed by atoms with Crippen molar-refractivity contribution in [3.63, 3.8) is 0 Å². The largest absolute Gasteiger partial charge is 0.493 e. The molecular weight excluding hydrogens is 1900 g/mol. The number of ether oxygens (including phenoxy) is 4. The Morgan fingerprint density at radius 1 is 0.387 bits per heavy atom. The van der Waals surface area contributed by atoms with E-state index in [0.717, 1.165) is 93.9 Å². The summed E-state index contributed by atoms with van der Waals surface area (Å²) < 4.78 is 26.2. The van der Waals surface area contributed by atoms with Crippen LogP contribution in [0.5, 0.6) is 11.5 Å². The number of thiophene rings is 2. The van der Waals surface area contributed by atoms with E-state index in [0.29, 0.717) is 25.0 Å². The molecule has 12 aromatic rings. The Morgan fingerprint density at radius 2 is 0.761 bits per heavy atom. The highest BCUT2D eigenvalue weighted by atomic mass is 79.9. The highest BCUT2D eigenvalue weighted by Gasteiger charge is 2.29. The fraction of sp³-hybridized carbons (Fsp3) is 0.388. The van der Waals surface area contributed by atoms with Gasteiger partial charge < -0.3 is 18.9 Å². The predicted octanol–water partition coefficient (Wildman–Crippen LogP) is 42.1. The Bertz CT molecular complexity index is 5790. The van der Waals surface area contributed by atoms with Gasteiger partial charge in [-0.25, -0.2) is 0 Å². The Labute approximate surface area is 881 Å². The number of rotatable bonds is 51. The molecule has 2 unspecified atom stereocenters. The van der Waals surface area contributed by atoms with E-state index in [-0.39, 0.29) is 18.1 Å². The lowest BCUT2D eigenvalue weighted by Crippen LogP contribution is -2.06. The lowest BCUT2D eigenvalue weighted by atomic mass is 9.81. The predicted molar refractivity (Wildman–Crippen MR) is 621 cm³/mol. The van der Waals surface area contributed by atoms with E-state index < -0.39 is 0 Å². The minimum atomic E-state index is -0.191. The molecule has 3 heterocycles. The molecule has 0 bridgehead atoms. The maximum Gasteiger partial charge on any atom is 0.184 e. The van der Waals surface area contributed by atoms with Crippen LogP contribution in [0.3, 0.4) is 0 Å². The van der Waals surface area contributed by atoms with Crippen molar-refractivity contribution in [1.82, 2.24) is 0 Å². The molecule has 2 aromatic heterocycles. The van der Waals surface area contributed by atoms with Gasteiger partial charge >= 0.3 is 0 Å². The molecule has 4 nitrogen and oxygen atoms in total. The molecule has 1 saturated heterocycles. The first kappa shape index (κ1) is 109. The molecule has 1 aliphatic heterocycles. The van der Waals surface area contributed by atoms with Gasteiger partial charge in [0.05, 0.1) is 34.0 Å². The molecule has 746 valence electrons. The van der Waals surface area contributed by atoms with Crippen molar-refractivity contribution >= 4 is 54.5 Å². The molecule has 4 aliphatic rings. The van der Waals surface area contributed by atoms with Crippen molar-refractivity contribution in [1.29, 1.82) is 0 Å². The quantitative estimate of drug-likeness (QED) is 0.0281. The van der Waals surface area contributed by atoms with Gasteiger partial charge in [0, 0.05) is 38.3 Å². The first-order valence-corrected chi connectivity index (χ1v) is 57.9. The number of hydrogen-bond acceptors (Lipinski definition) is 6. The van der Waals surface area contributed by atoms with Crippen molar-refractivity contribution in [2.45, 2.75) is 310 Å². The first-order chi connectivity index (χ1) is 69.8. The normalized spacial score (nSPS) is 14.2. The summed E-state index contributed by atoms with van der Waals surface area (Å²) in [7, 11) is 0. The van der Waals surface area contributed by atoms with Crippen molar-refractivity contribution < 1.29 is 18.9 Å². The SMILES string of the molecule is C=C(CCCCCCCCC)/C(=C\C(=C\C1=CC=C(C(c2ccc(-c3ccccc3)cc2)c2ccc(C3CCCC3)cc2)C1)CCCCCC)C1=CC=C(C(c2ccc(-c3ccccc3)cc2)c2ccc(C(CC)CC)cc2)C1.CCC.CCCCCCCCOc1cc(-c2ccc(Br)s2)c(OCCCCCCCC)cc1-c1ccc(Br)s1.c1ccc(-c2ccc(Cc3ccc(C4OCCO4)cc3)cc2)cc1. The molecule has 8 heteroatoms. The van der Waals surface area contributed by atoms with Crippen LogP contribution in [-0.4, -0.2) is 26.4 Å². The van der Waals surface area contributed by atoms with Crippen LogP contribution in [0.15, 0.2) is 363 Å². The Hall–Kier alpha value is -9.74. The third-order valence-electron chi connectivity index (χ3n) is 28.5. The van der Waals surface area contributed by atoms with Crippen molar-refractivity contribution in [3.05, 3.63) is 413 Å². The van der Waals surface area contributed by atoms with E-state index in [1.54, 1.807) is 22.7 Å². The molecular formula is C134H160Br2O4S2. The Kier molecular flexibility index (Phi) is 46.9. The van der Waals surface area contributed by atoms with Crippen LogP contribution >= 0.6 is 54.5 Å². The van der Waals surface area contributed by atoms with E-state index in [1.165, 1.54) is 306 Å². The lowest BCUT2D eigenvalue weighted by molar-refractivity contribution is -0.0441. The second-order valence-corrected chi connectivity index (χ2v) is 44.5. The summed E-state index contributed by atoms with van der Waals surface area (Å²) in [6.45, 7) is 25.9. The first-order valence-electron chi connectivity index (χ1n) is 54.7. The van der Waals surface area contributed by atoms with Crippen LogP contribution in [0.25, 0.3) is 54.3 Å². The van der Waals surface area contributed by atoms with Crippen LogP contribution in [0.4, 0.5) is 0 Å². The van der Waals surface area contributed by atoms with E-state index in [9.17, 15) is 0 Å². The molecule has 1 saturated carbocycles. The molecule has 0 amide bonds. The average molecular weight is 2060 g/mol. The fourth-order valence-corrected chi connectivity index (χ4v) is 23.3. The summed E-state index contributed by atoms with van der Waals surface area (Å²) in [4.78, 5) is 2.39. The second kappa shape index (κ2) is 60.9. The molecule has 142 heavy (non-hydrogen) atoms. The van der Waals surface area contributed by atoms with Crippen molar-refractivity contribution in [2.24, 2.45) is 0 Å². The minimum Gasteiger partial charge on any atom is -0.493 e. The Balaban J connectivity index is 0.000000218. The number of hydrogen-bond donors (Lipinski definition) is 0. The van der Waals surface area contributed by atoms with Crippen LogP contribution in [0, 0.1) is 0 Å². The van der Waals surface area contributed by atoms with Gasteiger partial charge in [0.25, 0.3) is 0 Å². The molecule has 10 aromatic carbocycles. The zero-order valence-corrected chi connectivity index (χ0v) is 91.6. The molecule has 3 aliphatic carbocycles. The maximum absolute atomic E-state index is 6.44. The van der Waals surface area contributed by atoms with Gasteiger partial charge in [-0.3, -0.25) is 0 Å².